The van der Waals surface area contributed by atoms with E-state index >= 15 is 0 Å². The van der Waals surface area contributed by atoms with Crippen LogP contribution in [-0.2, 0) is 13.1 Å². The smallest absolute Gasteiger partial charge is 0.318 e. The van der Waals surface area contributed by atoms with Gasteiger partial charge in [-0.2, -0.15) is 14.6 Å². The molecule has 0 unspecified atom stereocenters. The lowest BCUT2D eigenvalue weighted by Gasteiger charge is -2.10. The van der Waals surface area contributed by atoms with Crippen molar-refractivity contribution in [2.75, 3.05) is 12.4 Å². The van der Waals surface area contributed by atoms with Crippen molar-refractivity contribution in [1.29, 1.82) is 0 Å². The first kappa shape index (κ1) is 24.3. The maximum absolute atomic E-state index is 13.5. The van der Waals surface area contributed by atoms with Crippen molar-refractivity contribution in [3.63, 3.8) is 0 Å². The number of aryl methyl sites for hydroxylation is 1. The van der Waals surface area contributed by atoms with E-state index in [2.05, 4.69) is 36.3 Å². The first-order chi connectivity index (χ1) is 17.3. The Balaban J connectivity index is 1.45. The maximum Gasteiger partial charge on any atom is 0.318 e. The van der Waals surface area contributed by atoms with Gasteiger partial charge in [-0.05, 0) is 41.8 Å². The second-order valence-corrected chi connectivity index (χ2v) is 7.85. The Bertz CT molecular complexity index is 1440. The highest BCUT2D eigenvalue weighted by atomic mass is 19.1. The number of rotatable bonds is 7. The summed E-state index contributed by atoms with van der Waals surface area (Å²) in [5, 5.41) is 14.6. The largest absolute Gasteiger partial charge is 0.347 e. The molecule has 0 saturated carbocycles. The van der Waals surface area contributed by atoms with Crippen LogP contribution in [0, 0.1) is 12.7 Å². The standard InChI is InChI=1S/C24H23FN8O3/c1-14-9-16(5-8-18(14)25)12-27-21(34)19-10-20(33-23(32-19)29-13-30-33)22(35)28-11-15-3-6-17(7-4-15)31-24(36)26-2/h3-10,13H,11-12H2,1-2H3,(H,27,34)(H,28,35)(H2,26,31,36). The van der Waals surface area contributed by atoms with Gasteiger partial charge in [0.05, 0.1) is 0 Å². The van der Waals surface area contributed by atoms with Gasteiger partial charge in [0.2, 0.25) is 0 Å². The van der Waals surface area contributed by atoms with E-state index in [-0.39, 0.29) is 42.1 Å². The lowest BCUT2D eigenvalue weighted by Crippen LogP contribution is -2.28. The number of hydrogen-bond donors (Lipinski definition) is 4. The molecule has 2 aromatic carbocycles. The van der Waals surface area contributed by atoms with Crippen molar-refractivity contribution >= 4 is 29.3 Å². The van der Waals surface area contributed by atoms with Crippen LogP contribution in [0.2, 0.25) is 0 Å². The zero-order chi connectivity index (χ0) is 25.7. The highest BCUT2D eigenvalue weighted by molar-refractivity contribution is 5.98. The van der Waals surface area contributed by atoms with Crippen LogP contribution in [0.5, 0.6) is 0 Å². The molecule has 0 aliphatic carbocycles. The number of halogens is 1. The number of nitrogens with one attached hydrogen (secondary N) is 4. The molecule has 0 fully saturated rings. The number of fused-ring (bicyclic) bond motifs is 1. The predicted molar refractivity (Wildman–Crippen MR) is 129 cm³/mol. The van der Waals surface area contributed by atoms with E-state index in [0.29, 0.717) is 11.3 Å². The SMILES string of the molecule is CNC(=O)Nc1ccc(CNC(=O)c2cc(C(=O)NCc3ccc(F)c(C)c3)nc3ncnn23)cc1. The van der Waals surface area contributed by atoms with Crippen LogP contribution in [-0.4, -0.2) is 44.5 Å². The zero-order valence-corrected chi connectivity index (χ0v) is 19.5. The van der Waals surface area contributed by atoms with E-state index in [0.717, 1.165) is 11.1 Å². The molecule has 0 atom stereocenters. The number of amides is 4. The lowest BCUT2D eigenvalue weighted by molar-refractivity contribution is 0.0942. The van der Waals surface area contributed by atoms with E-state index in [1.807, 2.05) is 0 Å². The molecule has 0 aliphatic rings. The number of hydrogen-bond acceptors (Lipinski definition) is 6. The van der Waals surface area contributed by atoms with Gasteiger partial charge >= 0.3 is 6.03 Å². The molecule has 0 saturated heterocycles. The molecule has 4 amide bonds. The maximum atomic E-state index is 13.5. The minimum absolute atomic E-state index is 0.0101. The van der Waals surface area contributed by atoms with Crippen molar-refractivity contribution in [3.8, 4) is 0 Å². The first-order valence-electron chi connectivity index (χ1n) is 10.9. The second kappa shape index (κ2) is 10.6. The molecular formula is C24H23FN8O3. The summed E-state index contributed by atoms with van der Waals surface area (Å²) in [6.45, 7) is 2.00. The van der Waals surface area contributed by atoms with Crippen LogP contribution in [0.25, 0.3) is 5.78 Å². The summed E-state index contributed by atoms with van der Waals surface area (Å²) >= 11 is 0. The Hall–Kier alpha value is -4.87. The predicted octanol–water partition coefficient (Wildman–Crippen LogP) is 2.18. The van der Waals surface area contributed by atoms with Crippen molar-refractivity contribution < 1.29 is 18.8 Å². The van der Waals surface area contributed by atoms with Crippen molar-refractivity contribution in [1.82, 2.24) is 35.5 Å². The molecule has 12 heteroatoms. The van der Waals surface area contributed by atoms with Crippen molar-refractivity contribution in [2.45, 2.75) is 20.0 Å². The molecule has 4 N–H and O–H groups in total. The first-order valence-corrected chi connectivity index (χ1v) is 10.9. The molecule has 0 radical (unpaired) electrons. The second-order valence-electron chi connectivity index (χ2n) is 7.85. The number of benzene rings is 2. The molecule has 4 aromatic rings. The molecule has 11 nitrogen and oxygen atoms in total. The summed E-state index contributed by atoms with van der Waals surface area (Å²) in [6, 6.07) is 12.5. The average Bonchev–Trinajstić information content (AvgIpc) is 3.36. The van der Waals surface area contributed by atoms with Crippen LogP contribution in [0.15, 0.2) is 54.9 Å². The van der Waals surface area contributed by atoms with E-state index in [1.54, 1.807) is 43.3 Å². The average molecular weight is 490 g/mol. The Morgan fingerprint density at radius 2 is 1.64 bits per heavy atom. The number of urea groups is 1. The monoisotopic (exact) mass is 490 g/mol. The minimum Gasteiger partial charge on any atom is -0.347 e. The molecule has 0 aliphatic heterocycles. The number of carbonyl (C=O) groups is 3. The third-order valence-electron chi connectivity index (χ3n) is 5.28. The lowest BCUT2D eigenvalue weighted by atomic mass is 10.1. The number of nitrogens with zero attached hydrogens (tertiary/aromatic N) is 4. The van der Waals surface area contributed by atoms with Crippen LogP contribution in [0.3, 0.4) is 0 Å². The third kappa shape index (κ3) is 5.60. The van der Waals surface area contributed by atoms with Gasteiger partial charge in [0.1, 0.15) is 23.5 Å². The Morgan fingerprint density at radius 3 is 2.36 bits per heavy atom. The number of anilines is 1. The third-order valence-corrected chi connectivity index (χ3v) is 5.28. The summed E-state index contributed by atoms with van der Waals surface area (Å²) in [5.74, 6) is -1.23. The highest BCUT2D eigenvalue weighted by Gasteiger charge is 2.18. The number of carbonyl (C=O) groups excluding carboxylic acids is 3. The van der Waals surface area contributed by atoms with Crippen LogP contribution < -0.4 is 21.3 Å². The molecule has 0 bridgehead atoms. The molecule has 4 rings (SSSR count). The van der Waals surface area contributed by atoms with Gasteiger partial charge in [0, 0.05) is 31.9 Å². The van der Waals surface area contributed by atoms with Crippen LogP contribution in [0.1, 0.15) is 37.7 Å². The van der Waals surface area contributed by atoms with E-state index < -0.39 is 11.8 Å². The van der Waals surface area contributed by atoms with Crippen molar-refractivity contribution in [3.05, 3.63) is 88.8 Å². The Labute approximate surface area is 205 Å². The fourth-order valence-corrected chi connectivity index (χ4v) is 3.35. The van der Waals surface area contributed by atoms with Crippen molar-refractivity contribution in [2.24, 2.45) is 0 Å². The zero-order valence-electron chi connectivity index (χ0n) is 19.5. The minimum atomic E-state index is -0.518. The molecule has 184 valence electrons. The van der Waals surface area contributed by atoms with Gasteiger partial charge < -0.3 is 21.3 Å². The molecule has 0 spiro atoms. The van der Waals surface area contributed by atoms with Gasteiger partial charge in [0.25, 0.3) is 17.6 Å². The molecular weight excluding hydrogens is 467 g/mol. The van der Waals surface area contributed by atoms with E-state index in [4.69, 9.17) is 0 Å². The summed E-state index contributed by atoms with van der Waals surface area (Å²) in [6.07, 6.45) is 1.24. The van der Waals surface area contributed by atoms with E-state index in [1.165, 1.54) is 30.0 Å². The van der Waals surface area contributed by atoms with Gasteiger partial charge in [0.15, 0.2) is 0 Å². The van der Waals surface area contributed by atoms with Crippen LogP contribution in [0.4, 0.5) is 14.9 Å². The highest BCUT2D eigenvalue weighted by Crippen LogP contribution is 2.12. The molecule has 2 aromatic heterocycles. The summed E-state index contributed by atoms with van der Waals surface area (Å²) in [4.78, 5) is 45.3. The molecule has 2 heterocycles. The van der Waals surface area contributed by atoms with Gasteiger partial charge in [-0.3, -0.25) is 9.59 Å². The van der Waals surface area contributed by atoms with Crippen LogP contribution >= 0.6 is 0 Å². The van der Waals surface area contributed by atoms with Gasteiger partial charge in [-0.1, -0.05) is 24.3 Å². The fourth-order valence-electron chi connectivity index (χ4n) is 3.35. The summed E-state index contributed by atoms with van der Waals surface area (Å²) in [7, 11) is 1.52. The number of aromatic nitrogens is 4. The van der Waals surface area contributed by atoms with Gasteiger partial charge in [-0.15, -0.1) is 0 Å². The van der Waals surface area contributed by atoms with E-state index in [9.17, 15) is 18.8 Å². The fraction of sp³-hybridized carbons (Fsp3) is 0.167. The van der Waals surface area contributed by atoms with Gasteiger partial charge in [-0.25, -0.2) is 14.2 Å². The topological polar surface area (TPSA) is 142 Å². The molecule has 36 heavy (non-hydrogen) atoms. The Morgan fingerprint density at radius 1 is 0.944 bits per heavy atom. The normalized spacial score (nSPS) is 10.6. The summed E-state index contributed by atoms with van der Waals surface area (Å²) < 4.78 is 14.7. The quantitative estimate of drug-likeness (QED) is 0.313. The Kier molecular flexibility index (Phi) is 7.14. The summed E-state index contributed by atoms with van der Waals surface area (Å²) in [5.41, 5.74) is 2.67.